The topological polar surface area (TPSA) is 36.4 Å². The Balaban J connectivity index is 2.34. The zero-order chi connectivity index (χ0) is 13.3. The lowest BCUT2D eigenvalue weighted by atomic mass is 10.1. The number of benzene rings is 1. The lowest BCUT2D eigenvalue weighted by molar-refractivity contribution is 0.633. The van der Waals surface area contributed by atoms with Gasteiger partial charge in [-0.3, -0.25) is 0 Å². The molecule has 0 spiro atoms. The van der Waals surface area contributed by atoms with Crippen LogP contribution < -0.4 is 10.6 Å². The molecule has 7 heteroatoms. The second-order valence-corrected chi connectivity index (χ2v) is 6.66. The van der Waals surface area contributed by atoms with E-state index in [-0.39, 0.29) is 0 Å². The molecule has 1 atom stereocenters. The summed E-state index contributed by atoms with van der Waals surface area (Å²) in [6.07, 6.45) is -0.701. The maximum Gasteiger partial charge on any atom is 0.230 e. The van der Waals surface area contributed by atoms with E-state index in [4.69, 9.17) is 47.0 Å². The Kier molecular flexibility index (Phi) is 4.02. The van der Waals surface area contributed by atoms with E-state index >= 15 is 0 Å². The first-order valence-electron chi connectivity index (χ1n) is 5.15. The van der Waals surface area contributed by atoms with Crippen LogP contribution in [-0.2, 0) is 0 Å². The van der Waals surface area contributed by atoms with Gasteiger partial charge in [0.25, 0.3) is 0 Å². The number of nitrogens with one attached hydrogen (secondary N) is 2. The van der Waals surface area contributed by atoms with E-state index < -0.39 is 9.96 Å². The van der Waals surface area contributed by atoms with Gasteiger partial charge in [-0.1, -0.05) is 64.6 Å². The fourth-order valence-corrected chi connectivity index (χ4v) is 1.99. The maximum absolute atomic E-state index is 5.83. The van der Waals surface area contributed by atoms with E-state index in [1.807, 2.05) is 31.2 Å². The summed E-state index contributed by atoms with van der Waals surface area (Å²) in [5, 5.41) is 6.14. The van der Waals surface area contributed by atoms with E-state index in [9.17, 15) is 0 Å². The van der Waals surface area contributed by atoms with E-state index in [0.717, 1.165) is 11.1 Å². The van der Waals surface area contributed by atoms with Gasteiger partial charge in [0.15, 0.2) is 11.3 Å². The second kappa shape index (κ2) is 5.21. The summed E-state index contributed by atoms with van der Waals surface area (Å²) in [6.45, 7) is 2.01. The highest BCUT2D eigenvalue weighted by molar-refractivity contribution is 7.80. The van der Waals surface area contributed by atoms with E-state index in [1.165, 1.54) is 0 Å². The summed E-state index contributed by atoms with van der Waals surface area (Å²) < 4.78 is -1.55. The van der Waals surface area contributed by atoms with Crippen molar-refractivity contribution in [1.82, 2.24) is 10.6 Å². The second-order valence-electron chi connectivity index (χ2n) is 3.89. The Morgan fingerprint density at radius 2 is 1.83 bits per heavy atom. The van der Waals surface area contributed by atoms with Crippen molar-refractivity contribution < 1.29 is 0 Å². The van der Waals surface area contributed by atoms with Crippen LogP contribution in [-0.4, -0.2) is 20.9 Å². The fourth-order valence-electron chi connectivity index (χ4n) is 1.47. The Morgan fingerprint density at radius 3 is 2.39 bits per heavy atom. The number of hydrogen-bond acceptors (Lipinski definition) is 2. The molecule has 1 heterocycles. The lowest BCUT2D eigenvalue weighted by Crippen LogP contribution is -2.54. The first-order chi connectivity index (χ1) is 8.36. The molecule has 2 N–H and O–H groups in total. The zero-order valence-corrected chi connectivity index (χ0v) is 12.5. The number of alkyl halides is 3. The van der Waals surface area contributed by atoms with Crippen molar-refractivity contribution in [3.63, 3.8) is 0 Å². The number of rotatable bonds is 1. The Bertz CT molecular complexity index is 493. The van der Waals surface area contributed by atoms with Gasteiger partial charge in [-0.25, -0.2) is 4.99 Å². The first-order valence-corrected chi connectivity index (χ1v) is 6.69. The number of aryl methyl sites for hydroxylation is 1. The van der Waals surface area contributed by atoms with Crippen LogP contribution in [0.4, 0.5) is 0 Å². The summed E-state index contributed by atoms with van der Waals surface area (Å²) >= 11 is 22.6. The Labute approximate surface area is 126 Å². The van der Waals surface area contributed by atoms with Crippen LogP contribution >= 0.6 is 47.0 Å². The quantitative estimate of drug-likeness (QED) is 0.616. The van der Waals surface area contributed by atoms with Gasteiger partial charge in [0.2, 0.25) is 3.79 Å². The van der Waals surface area contributed by atoms with Gasteiger partial charge in [0, 0.05) is 5.56 Å². The highest BCUT2D eigenvalue weighted by Crippen LogP contribution is 2.31. The summed E-state index contributed by atoms with van der Waals surface area (Å²) in [4.78, 5) is 4.31. The third-order valence-electron chi connectivity index (χ3n) is 2.39. The van der Waals surface area contributed by atoms with Crippen LogP contribution in [0.2, 0.25) is 0 Å². The molecule has 1 aromatic carbocycles. The lowest BCUT2D eigenvalue weighted by Gasteiger charge is -2.29. The van der Waals surface area contributed by atoms with Gasteiger partial charge < -0.3 is 10.6 Å². The monoisotopic (exact) mass is 321 g/mol. The predicted molar refractivity (Wildman–Crippen MR) is 80.7 cm³/mol. The highest BCUT2D eigenvalue weighted by atomic mass is 35.6. The molecule has 0 fully saturated rings. The SMILES string of the molecule is Cc1ccc(C2=N[C@@H](C(Cl)(Cl)Cl)NC(=S)N2)cc1. The molecule has 18 heavy (non-hydrogen) atoms. The first kappa shape index (κ1) is 13.9. The molecule has 0 aromatic heterocycles. The highest BCUT2D eigenvalue weighted by Gasteiger charge is 2.35. The Hall–Kier alpha value is -0.550. The fraction of sp³-hybridized carbons (Fsp3) is 0.273. The molecule has 0 bridgehead atoms. The van der Waals surface area contributed by atoms with Crippen molar-refractivity contribution in [2.45, 2.75) is 16.9 Å². The van der Waals surface area contributed by atoms with E-state index in [1.54, 1.807) is 0 Å². The molecule has 1 aliphatic rings. The number of amidine groups is 1. The molecule has 0 aliphatic carbocycles. The van der Waals surface area contributed by atoms with Crippen molar-refractivity contribution in [2.75, 3.05) is 0 Å². The van der Waals surface area contributed by atoms with Crippen molar-refractivity contribution in [1.29, 1.82) is 0 Å². The maximum atomic E-state index is 5.83. The molecule has 0 amide bonds. The third kappa shape index (κ3) is 3.26. The molecule has 0 radical (unpaired) electrons. The standard InChI is InChI=1S/C11H10Cl3N3S/c1-6-2-4-7(5-3-6)8-15-9(11(12,13)14)17-10(18)16-8/h2-5,9H,1H3,(H2,15,16,17,18)/t9-/m1/s1. The third-order valence-corrected chi connectivity index (χ3v) is 3.23. The van der Waals surface area contributed by atoms with Crippen LogP contribution in [0.15, 0.2) is 29.3 Å². The summed E-state index contributed by atoms with van der Waals surface area (Å²) in [5.74, 6) is 0.593. The number of halogens is 3. The summed E-state index contributed by atoms with van der Waals surface area (Å²) in [7, 11) is 0. The average molecular weight is 323 g/mol. The van der Waals surface area contributed by atoms with Crippen LogP contribution in [0, 0.1) is 6.92 Å². The van der Waals surface area contributed by atoms with Gasteiger partial charge >= 0.3 is 0 Å². The van der Waals surface area contributed by atoms with Crippen molar-refractivity contribution >= 4 is 58.0 Å². The van der Waals surface area contributed by atoms with E-state index in [0.29, 0.717) is 10.9 Å². The van der Waals surface area contributed by atoms with Crippen LogP contribution in [0.3, 0.4) is 0 Å². The van der Waals surface area contributed by atoms with Crippen LogP contribution in [0.1, 0.15) is 11.1 Å². The van der Waals surface area contributed by atoms with Crippen LogP contribution in [0.5, 0.6) is 0 Å². The van der Waals surface area contributed by atoms with Gasteiger partial charge in [-0.05, 0) is 19.1 Å². The Morgan fingerprint density at radius 1 is 1.22 bits per heavy atom. The van der Waals surface area contributed by atoms with Gasteiger partial charge in [-0.2, -0.15) is 0 Å². The van der Waals surface area contributed by atoms with E-state index in [2.05, 4.69) is 15.6 Å². The smallest absolute Gasteiger partial charge is 0.230 e. The predicted octanol–water partition coefficient (Wildman–Crippen LogP) is 2.92. The normalized spacial score (nSPS) is 19.9. The minimum atomic E-state index is -1.55. The number of hydrogen-bond donors (Lipinski definition) is 2. The van der Waals surface area contributed by atoms with Gasteiger partial charge in [0.05, 0.1) is 0 Å². The summed E-state index contributed by atoms with van der Waals surface area (Å²) in [6, 6.07) is 7.83. The van der Waals surface area contributed by atoms with Crippen molar-refractivity contribution in [3.05, 3.63) is 35.4 Å². The minimum absolute atomic E-state index is 0.386. The number of nitrogens with zero attached hydrogens (tertiary/aromatic N) is 1. The van der Waals surface area contributed by atoms with Crippen molar-refractivity contribution in [2.24, 2.45) is 4.99 Å². The molecule has 1 aromatic rings. The van der Waals surface area contributed by atoms with Gasteiger partial charge in [0.1, 0.15) is 5.84 Å². The molecule has 0 saturated heterocycles. The number of aliphatic imine (C=N–C) groups is 1. The molecule has 0 unspecified atom stereocenters. The molecule has 0 saturated carbocycles. The number of thiocarbonyl (C=S) groups is 1. The zero-order valence-electron chi connectivity index (χ0n) is 9.38. The largest absolute Gasteiger partial charge is 0.337 e. The van der Waals surface area contributed by atoms with Gasteiger partial charge in [-0.15, -0.1) is 0 Å². The minimum Gasteiger partial charge on any atom is -0.337 e. The average Bonchev–Trinajstić information content (AvgIpc) is 2.28. The van der Waals surface area contributed by atoms with Crippen LogP contribution in [0.25, 0.3) is 0 Å². The molecular weight excluding hydrogens is 313 g/mol. The van der Waals surface area contributed by atoms with Crippen molar-refractivity contribution in [3.8, 4) is 0 Å². The molecular formula is C11H10Cl3N3S. The molecule has 96 valence electrons. The summed E-state index contributed by atoms with van der Waals surface area (Å²) in [5.41, 5.74) is 2.05. The molecule has 1 aliphatic heterocycles. The molecule has 2 rings (SSSR count). The molecule has 3 nitrogen and oxygen atoms in total.